The largest absolute Gasteiger partial charge is 0.489 e. The van der Waals surface area contributed by atoms with Crippen LogP contribution in [-0.4, -0.2) is 59.9 Å². The van der Waals surface area contributed by atoms with Gasteiger partial charge in [-0.25, -0.2) is 0 Å². The molecule has 2 aliphatic heterocycles. The molecule has 6 heteroatoms. The molecule has 2 atom stereocenters. The molecule has 1 saturated carbocycles. The molecule has 32 heavy (non-hydrogen) atoms. The minimum Gasteiger partial charge on any atom is -0.489 e. The summed E-state index contributed by atoms with van der Waals surface area (Å²) in [5.41, 5.74) is 1.14. The first-order valence-corrected chi connectivity index (χ1v) is 12.2. The maximum atomic E-state index is 13.3. The van der Waals surface area contributed by atoms with Gasteiger partial charge in [-0.05, 0) is 51.0 Å². The van der Waals surface area contributed by atoms with Crippen LogP contribution in [0.5, 0.6) is 5.75 Å². The van der Waals surface area contributed by atoms with Crippen molar-refractivity contribution in [3.05, 3.63) is 42.0 Å². The highest BCUT2D eigenvalue weighted by atomic mass is 16.5. The molecule has 3 aliphatic rings. The second kappa shape index (κ2) is 10.5. The highest BCUT2D eigenvalue weighted by Crippen LogP contribution is 2.31. The van der Waals surface area contributed by atoms with E-state index in [1.165, 1.54) is 6.42 Å². The quantitative estimate of drug-likeness (QED) is 0.731. The van der Waals surface area contributed by atoms with Gasteiger partial charge in [0.2, 0.25) is 11.8 Å². The standard InChI is InChI=1S/C26H37N3O3/c1-19(2)27-25(30)15-20-12-13-28-16-21(20)8-6-14-32-24-11-4-3-7-22(24)17-29(18-26(28)31)23-9-5-10-23/h3-4,6-8,11,19-21,23H,5,9-10,12-18H2,1-2H3,(H,27,30)/b8-6+/t20-,21-/m0/s1. The third-order valence-electron chi connectivity index (χ3n) is 7.05. The Hall–Kier alpha value is -2.34. The highest BCUT2D eigenvalue weighted by Gasteiger charge is 2.34. The third kappa shape index (κ3) is 5.71. The minimum absolute atomic E-state index is 0.0995. The summed E-state index contributed by atoms with van der Waals surface area (Å²) in [4.78, 5) is 30.1. The van der Waals surface area contributed by atoms with E-state index in [0.717, 1.165) is 43.7 Å². The Morgan fingerprint density at radius 2 is 2.00 bits per heavy atom. The summed E-state index contributed by atoms with van der Waals surface area (Å²) in [6.45, 7) is 7.08. The Bertz CT molecular complexity index is 833. The van der Waals surface area contributed by atoms with Gasteiger partial charge in [-0.2, -0.15) is 0 Å². The topological polar surface area (TPSA) is 61.9 Å². The normalized spacial score (nSPS) is 26.1. The number of nitrogens with zero attached hydrogens (tertiary/aromatic N) is 2. The van der Waals surface area contributed by atoms with Gasteiger partial charge in [0.1, 0.15) is 12.4 Å². The van der Waals surface area contributed by atoms with E-state index in [9.17, 15) is 9.59 Å². The average Bonchev–Trinajstić information content (AvgIpc) is 2.71. The molecule has 1 saturated heterocycles. The van der Waals surface area contributed by atoms with E-state index in [-0.39, 0.29) is 29.7 Å². The third-order valence-corrected chi connectivity index (χ3v) is 7.05. The van der Waals surface area contributed by atoms with Crippen molar-refractivity contribution in [1.82, 2.24) is 15.1 Å². The van der Waals surface area contributed by atoms with E-state index in [1.807, 2.05) is 36.9 Å². The molecule has 1 aromatic rings. The van der Waals surface area contributed by atoms with Gasteiger partial charge in [0.15, 0.2) is 0 Å². The minimum atomic E-state index is 0.0995. The molecule has 0 aromatic heterocycles. The fraction of sp³-hybridized carbons (Fsp3) is 0.615. The molecule has 2 fully saturated rings. The van der Waals surface area contributed by atoms with Crippen molar-refractivity contribution in [2.75, 3.05) is 26.2 Å². The summed E-state index contributed by atoms with van der Waals surface area (Å²) in [7, 11) is 0. The van der Waals surface area contributed by atoms with Crippen LogP contribution in [0.4, 0.5) is 0 Å². The fourth-order valence-corrected chi connectivity index (χ4v) is 5.05. The monoisotopic (exact) mass is 439 g/mol. The van der Waals surface area contributed by atoms with Crippen molar-refractivity contribution >= 4 is 11.8 Å². The first-order valence-electron chi connectivity index (χ1n) is 12.2. The van der Waals surface area contributed by atoms with E-state index in [2.05, 4.69) is 28.4 Å². The van der Waals surface area contributed by atoms with E-state index < -0.39 is 0 Å². The van der Waals surface area contributed by atoms with Crippen LogP contribution < -0.4 is 10.1 Å². The number of piperidine rings is 1. The molecule has 2 bridgehead atoms. The Morgan fingerprint density at radius 1 is 1.19 bits per heavy atom. The summed E-state index contributed by atoms with van der Waals surface area (Å²) >= 11 is 0. The van der Waals surface area contributed by atoms with Gasteiger partial charge in [0.25, 0.3) is 0 Å². The lowest BCUT2D eigenvalue weighted by Gasteiger charge is -2.41. The van der Waals surface area contributed by atoms with Crippen LogP contribution >= 0.6 is 0 Å². The van der Waals surface area contributed by atoms with Crippen molar-refractivity contribution in [1.29, 1.82) is 0 Å². The lowest BCUT2D eigenvalue weighted by atomic mass is 9.82. The molecule has 0 unspecified atom stereocenters. The molecular formula is C26H37N3O3. The van der Waals surface area contributed by atoms with Crippen molar-refractivity contribution in [3.8, 4) is 5.75 Å². The molecule has 1 N–H and O–H groups in total. The van der Waals surface area contributed by atoms with Gasteiger partial charge in [0, 0.05) is 43.7 Å². The van der Waals surface area contributed by atoms with E-state index in [1.54, 1.807) is 0 Å². The van der Waals surface area contributed by atoms with Crippen molar-refractivity contribution < 1.29 is 14.3 Å². The van der Waals surface area contributed by atoms with Gasteiger partial charge < -0.3 is 15.0 Å². The summed E-state index contributed by atoms with van der Waals surface area (Å²) in [5, 5.41) is 3.02. The van der Waals surface area contributed by atoms with Gasteiger partial charge in [-0.1, -0.05) is 36.8 Å². The van der Waals surface area contributed by atoms with Crippen molar-refractivity contribution in [2.24, 2.45) is 11.8 Å². The first kappa shape index (κ1) is 22.8. The second-order valence-electron chi connectivity index (χ2n) is 9.82. The maximum Gasteiger partial charge on any atom is 0.236 e. The van der Waals surface area contributed by atoms with Crippen LogP contribution in [0.3, 0.4) is 0 Å². The van der Waals surface area contributed by atoms with Gasteiger partial charge in [-0.3, -0.25) is 14.5 Å². The predicted molar refractivity (Wildman–Crippen MR) is 125 cm³/mol. The Morgan fingerprint density at radius 3 is 2.75 bits per heavy atom. The smallest absolute Gasteiger partial charge is 0.236 e. The number of amides is 2. The molecule has 2 heterocycles. The SMILES string of the molecule is CC(C)NC(=O)C[C@@H]1CCN2C[C@@H]1/C=C/COc1ccccc1CN(C1CCC1)CC2=O. The zero-order valence-corrected chi connectivity index (χ0v) is 19.5. The second-order valence-corrected chi connectivity index (χ2v) is 9.82. The van der Waals surface area contributed by atoms with Crippen LogP contribution in [0, 0.1) is 11.8 Å². The molecule has 4 rings (SSSR count). The lowest BCUT2D eigenvalue weighted by Crippen LogP contribution is -2.50. The average molecular weight is 440 g/mol. The fourth-order valence-electron chi connectivity index (χ4n) is 5.05. The lowest BCUT2D eigenvalue weighted by molar-refractivity contribution is -0.136. The summed E-state index contributed by atoms with van der Waals surface area (Å²) in [6, 6.07) is 8.79. The molecule has 6 nitrogen and oxygen atoms in total. The van der Waals surface area contributed by atoms with Gasteiger partial charge in [0.05, 0.1) is 6.54 Å². The van der Waals surface area contributed by atoms with E-state index in [0.29, 0.717) is 32.2 Å². The first-order chi connectivity index (χ1) is 15.5. The Balaban J connectivity index is 1.53. The number of ether oxygens (including phenoxy) is 1. The van der Waals surface area contributed by atoms with Crippen molar-refractivity contribution in [2.45, 2.75) is 64.6 Å². The number of rotatable bonds is 4. The van der Waals surface area contributed by atoms with Crippen LogP contribution in [-0.2, 0) is 16.1 Å². The molecule has 2 amide bonds. The summed E-state index contributed by atoms with van der Waals surface area (Å²) in [5.74, 6) is 1.61. The van der Waals surface area contributed by atoms with Gasteiger partial charge >= 0.3 is 0 Å². The molecular weight excluding hydrogens is 402 g/mol. The molecule has 174 valence electrons. The van der Waals surface area contributed by atoms with Gasteiger partial charge in [-0.15, -0.1) is 0 Å². The van der Waals surface area contributed by atoms with Crippen molar-refractivity contribution in [3.63, 3.8) is 0 Å². The highest BCUT2D eigenvalue weighted by molar-refractivity contribution is 5.79. The molecule has 1 aliphatic carbocycles. The number of carbonyl (C=O) groups is 2. The van der Waals surface area contributed by atoms with Crippen LogP contribution in [0.2, 0.25) is 0 Å². The van der Waals surface area contributed by atoms with E-state index in [4.69, 9.17) is 4.74 Å². The zero-order chi connectivity index (χ0) is 22.5. The number of nitrogens with one attached hydrogen (secondary N) is 1. The number of hydrogen-bond donors (Lipinski definition) is 1. The summed E-state index contributed by atoms with van der Waals surface area (Å²) in [6.07, 6.45) is 9.15. The van der Waals surface area contributed by atoms with Crippen LogP contribution in [0.1, 0.15) is 51.5 Å². The Labute approximate surface area is 192 Å². The van der Waals surface area contributed by atoms with E-state index >= 15 is 0 Å². The molecule has 1 aromatic carbocycles. The Kier molecular flexibility index (Phi) is 7.51. The van der Waals surface area contributed by atoms with Crippen LogP contribution in [0.25, 0.3) is 0 Å². The van der Waals surface area contributed by atoms with Crippen LogP contribution in [0.15, 0.2) is 36.4 Å². The zero-order valence-electron chi connectivity index (χ0n) is 19.5. The summed E-state index contributed by atoms with van der Waals surface area (Å²) < 4.78 is 6.12. The number of para-hydroxylation sites is 1. The maximum absolute atomic E-state index is 13.3. The molecule has 0 spiro atoms. The number of hydrogen-bond acceptors (Lipinski definition) is 4. The number of benzene rings is 1. The molecule has 0 radical (unpaired) electrons. The number of carbonyl (C=O) groups excluding carboxylic acids is 2. The number of fused-ring (bicyclic) bond motifs is 3. The predicted octanol–water partition coefficient (Wildman–Crippen LogP) is 3.37.